The van der Waals surface area contributed by atoms with Crippen LogP contribution >= 0.6 is 15.9 Å². The molecule has 0 amide bonds. The van der Waals surface area contributed by atoms with Gasteiger partial charge < -0.3 is 9.84 Å². The van der Waals surface area contributed by atoms with E-state index in [0.717, 1.165) is 0 Å². The third kappa shape index (κ3) is 3.99. The van der Waals surface area contributed by atoms with E-state index in [4.69, 9.17) is 5.11 Å². The maximum Gasteiger partial charge on any atom is 0.574 e. The molecule has 4 nitrogen and oxygen atoms in total. The Morgan fingerprint density at radius 1 is 1.30 bits per heavy atom. The average Bonchev–Trinajstić information content (AvgIpc) is 2.24. The summed E-state index contributed by atoms with van der Waals surface area (Å²) in [6, 6.07) is 0.0486. The van der Waals surface area contributed by atoms with Crippen molar-refractivity contribution in [1.29, 1.82) is 0 Å². The molecular formula is C9H4BrF6NO3. The van der Waals surface area contributed by atoms with Gasteiger partial charge in [-0.1, -0.05) is 15.9 Å². The Morgan fingerprint density at radius 2 is 1.85 bits per heavy atom. The zero-order chi connectivity index (χ0) is 15.7. The summed E-state index contributed by atoms with van der Waals surface area (Å²) < 4.78 is 77.2. The van der Waals surface area contributed by atoms with Gasteiger partial charge in [0.2, 0.25) is 5.88 Å². The Balaban J connectivity index is 3.52. The molecule has 0 aromatic carbocycles. The number of carbonyl (C=O) groups is 1. The second-order valence-electron chi connectivity index (χ2n) is 3.32. The number of hydrogen-bond acceptors (Lipinski definition) is 3. The molecule has 11 heteroatoms. The van der Waals surface area contributed by atoms with E-state index in [1.807, 2.05) is 0 Å². The summed E-state index contributed by atoms with van der Waals surface area (Å²) in [5.41, 5.74) is -3.31. The van der Waals surface area contributed by atoms with E-state index in [9.17, 15) is 31.1 Å². The molecule has 0 radical (unpaired) electrons. The lowest BCUT2D eigenvalue weighted by Crippen LogP contribution is -2.22. The summed E-state index contributed by atoms with van der Waals surface area (Å²) in [4.78, 5) is 13.7. The highest BCUT2D eigenvalue weighted by Gasteiger charge is 2.41. The van der Waals surface area contributed by atoms with Crippen LogP contribution in [0.15, 0.2) is 6.07 Å². The van der Waals surface area contributed by atoms with E-state index in [0.29, 0.717) is 0 Å². The number of aromatic nitrogens is 1. The zero-order valence-corrected chi connectivity index (χ0v) is 10.7. The molecule has 0 fully saturated rings. The van der Waals surface area contributed by atoms with Crippen LogP contribution < -0.4 is 4.74 Å². The summed E-state index contributed by atoms with van der Waals surface area (Å²) >= 11 is 2.72. The molecule has 1 aromatic rings. The first-order valence-corrected chi connectivity index (χ1v) is 5.74. The highest BCUT2D eigenvalue weighted by atomic mass is 79.9. The topological polar surface area (TPSA) is 59.4 Å². The summed E-state index contributed by atoms with van der Waals surface area (Å²) in [5.74, 6) is -3.50. The molecule has 1 rings (SSSR count). The maximum atomic E-state index is 12.6. The number of nitrogens with zero attached hydrogens (tertiary/aromatic N) is 1. The van der Waals surface area contributed by atoms with Crippen molar-refractivity contribution in [2.24, 2.45) is 0 Å². The molecule has 0 aliphatic rings. The number of pyridine rings is 1. The van der Waals surface area contributed by atoms with Crippen molar-refractivity contribution in [3.8, 4) is 5.88 Å². The molecule has 0 aliphatic heterocycles. The fourth-order valence-corrected chi connectivity index (χ4v) is 1.64. The van der Waals surface area contributed by atoms with Crippen molar-refractivity contribution in [1.82, 2.24) is 4.98 Å². The van der Waals surface area contributed by atoms with Crippen LogP contribution in [0, 0.1) is 0 Å². The van der Waals surface area contributed by atoms with Crippen molar-refractivity contribution < 1.29 is 41.0 Å². The number of alkyl halides is 7. The molecule has 0 saturated carbocycles. The Labute approximate surface area is 115 Å². The van der Waals surface area contributed by atoms with Gasteiger partial charge in [-0.25, -0.2) is 9.78 Å². The molecule has 0 bridgehead atoms. The van der Waals surface area contributed by atoms with Crippen LogP contribution in [0.3, 0.4) is 0 Å². The van der Waals surface area contributed by atoms with E-state index in [1.54, 1.807) is 0 Å². The van der Waals surface area contributed by atoms with Crippen LogP contribution in [0.2, 0.25) is 0 Å². The fourth-order valence-electron chi connectivity index (χ4n) is 1.21. The molecule has 1 heterocycles. The molecule has 0 unspecified atom stereocenters. The van der Waals surface area contributed by atoms with Crippen molar-refractivity contribution in [3.63, 3.8) is 0 Å². The SMILES string of the molecule is O=C(O)c1cc(C(F)(F)F)c(OC(F)(F)F)nc1CBr. The number of ether oxygens (including phenoxy) is 1. The quantitative estimate of drug-likeness (QED) is 0.655. The van der Waals surface area contributed by atoms with E-state index < -0.39 is 41.2 Å². The molecule has 0 aliphatic carbocycles. The van der Waals surface area contributed by atoms with Crippen LogP contribution in [0.25, 0.3) is 0 Å². The third-order valence-electron chi connectivity index (χ3n) is 1.94. The molecule has 112 valence electrons. The Bertz CT molecular complexity index is 528. The van der Waals surface area contributed by atoms with Crippen molar-refractivity contribution >= 4 is 21.9 Å². The van der Waals surface area contributed by atoms with Gasteiger partial charge in [0.1, 0.15) is 5.56 Å². The highest BCUT2D eigenvalue weighted by molar-refractivity contribution is 9.08. The number of hydrogen-bond donors (Lipinski definition) is 1. The minimum Gasteiger partial charge on any atom is -0.478 e. The fraction of sp³-hybridized carbons (Fsp3) is 0.333. The molecule has 1 aromatic heterocycles. The van der Waals surface area contributed by atoms with Crippen molar-refractivity contribution in [2.75, 3.05) is 0 Å². The van der Waals surface area contributed by atoms with Crippen molar-refractivity contribution in [3.05, 3.63) is 22.9 Å². The normalized spacial score (nSPS) is 12.3. The van der Waals surface area contributed by atoms with E-state index in [2.05, 4.69) is 25.7 Å². The Morgan fingerprint density at radius 3 is 2.20 bits per heavy atom. The van der Waals surface area contributed by atoms with Gasteiger partial charge in [-0.3, -0.25) is 0 Å². The van der Waals surface area contributed by atoms with Crippen LogP contribution in [-0.2, 0) is 11.5 Å². The number of halogens is 7. The Hall–Kier alpha value is -1.52. The molecule has 20 heavy (non-hydrogen) atoms. The minimum absolute atomic E-state index is 0.0486. The van der Waals surface area contributed by atoms with Gasteiger partial charge in [-0.15, -0.1) is 13.2 Å². The van der Waals surface area contributed by atoms with Crippen molar-refractivity contribution in [2.45, 2.75) is 17.9 Å². The van der Waals surface area contributed by atoms with Crippen LogP contribution in [0.1, 0.15) is 21.6 Å². The smallest absolute Gasteiger partial charge is 0.478 e. The van der Waals surface area contributed by atoms with Gasteiger partial charge in [0.25, 0.3) is 0 Å². The second-order valence-corrected chi connectivity index (χ2v) is 3.88. The van der Waals surface area contributed by atoms with Gasteiger partial charge in [-0.05, 0) is 6.07 Å². The number of rotatable bonds is 3. The van der Waals surface area contributed by atoms with E-state index >= 15 is 0 Å². The first-order chi connectivity index (χ1) is 8.95. The van der Waals surface area contributed by atoms with Crippen LogP contribution in [0.5, 0.6) is 5.88 Å². The standard InChI is InChI=1S/C9H4BrF6NO3/c10-2-5-3(7(18)19)1-4(8(11,12)13)6(17-5)20-9(14,15)16/h1H,2H2,(H,18,19). The second kappa shape index (κ2) is 5.46. The maximum absolute atomic E-state index is 12.6. The molecular weight excluding hydrogens is 364 g/mol. The van der Waals surface area contributed by atoms with Gasteiger partial charge in [0.15, 0.2) is 0 Å². The van der Waals surface area contributed by atoms with E-state index in [1.165, 1.54) is 0 Å². The first kappa shape index (κ1) is 16.5. The summed E-state index contributed by atoms with van der Waals surface area (Å²) in [6.07, 6.45) is -10.6. The van der Waals surface area contributed by atoms with Gasteiger partial charge in [0.05, 0.1) is 11.3 Å². The molecule has 0 atom stereocenters. The van der Waals surface area contributed by atoms with Gasteiger partial charge in [0, 0.05) is 5.33 Å². The molecule has 1 N–H and O–H groups in total. The lowest BCUT2D eigenvalue weighted by molar-refractivity contribution is -0.277. The van der Waals surface area contributed by atoms with Gasteiger partial charge >= 0.3 is 18.5 Å². The predicted octanol–water partition coefficient (Wildman–Crippen LogP) is 3.59. The third-order valence-corrected chi connectivity index (χ3v) is 2.47. The number of carboxylic acids is 1. The molecule has 0 spiro atoms. The number of aromatic carboxylic acids is 1. The number of carboxylic acid groups (broad SMARTS) is 1. The summed E-state index contributed by atoms with van der Waals surface area (Å²) in [6.45, 7) is 0. The summed E-state index contributed by atoms with van der Waals surface area (Å²) in [7, 11) is 0. The average molecular weight is 368 g/mol. The first-order valence-electron chi connectivity index (χ1n) is 4.62. The lowest BCUT2D eigenvalue weighted by Gasteiger charge is -2.16. The van der Waals surface area contributed by atoms with Gasteiger partial charge in [-0.2, -0.15) is 13.2 Å². The minimum atomic E-state index is -5.39. The van der Waals surface area contributed by atoms with Crippen LogP contribution in [0.4, 0.5) is 26.3 Å². The Kier molecular flexibility index (Phi) is 4.52. The predicted molar refractivity (Wildman–Crippen MR) is 55.5 cm³/mol. The molecule has 0 saturated heterocycles. The highest BCUT2D eigenvalue weighted by Crippen LogP contribution is 2.38. The zero-order valence-electron chi connectivity index (χ0n) is 9.14. The lowest BCUT2D eigenvalue weighted by atomic mass is 10.1. The van der Waals surface area contributed by atoms with Crippen LogP contribution in [-0.4, -0.2) is 22.4 Å². The monoisotopic (exact) mass is 367 g/mol. The summed E-state index contributed by atoms with van der Waals surface area (Å²) in [5, 5.41) is 8.36. The van der Waals surface area contributed by atoms with E-state index in [-0.39, 0.29) is 11.4 Å². The largest absolute Gasteiger partial charge is 0.574 e.